The van der Waals surface area contributed by atoms with Gasteiger partial charge in [-0.2, -0.15) is 0 Å². The summed E-state index contributed by atoms with van der Waals surface area (Å²) in [5.74, 6) is 1.36. The van der Waals surface area contributed by atoms with Crippen molar-refractivity contribution in [2.75, 3.05) is 72.4 Å². The van der Waals surface area contributed by atoms with Gasteiger partial charge in [0.1, 0.15) is 0 Å². The second kappa shape index (κ2) is 12.5. The average Bonchev–Trinajstić information content (AvgIpc) is 3.33. The molecule has 2 aliphatic heterocycles. The molecule has 3 heterocycles. The Kier molecular flexibility index (Phi) is 9.19. The molecule has 0 spiro atoms. The molecule has 4 rings (SSSR count). The SMILES string of the molecule is CCN(CC)CCN(Cc1cc2cc3c(cc2[nH]c1=O)OCO3)C(=S)NCCCN1CCOCC1. The van der Waals surface area contributed by atoms with Crippen LogP contribution >= 0.6 is 12.2 Å². The zero-order valence-corrected chi connectivity index (χ0v) is 21.6. The Morgan fingerprint density at radius 3 is 2.60 bits per heavy atom. The van der Waals surface area contributed by atoms with Crippen LogP contribution in [0.25, 0.3) is 10.9 Å². The molecule has 192 valence electrons. The third-order valence-corrected chi connectivity index (χ3v) is 7.08. The lowest BCUT2D eigenvalue weighted by Crippen LogP contribution is -2.45. The van der Waals surface area contributed by atoms with Crippen molar-refractivity contribution in [1.29, 1.82) is 0 Å². The number of nitrogens with one attached hydrogen (secondary N) is 2. The number of hydrogen-bond donors (Lipinski definition) is 2. The monoisotopic (exact) mass is 503 g/mol. The lowest BCUT2D eigenvalue weighted by molar-refractivity contribution is 0.0376. The molecule has 0 aliphatic carbocycles. The zero-order valence-electron chi connectivity index (χ0n) is 20.8. The first kappa shape index (κ1) is 25.7. The standard InChI is InChI=1S/C25H37N5O4S/c1-3-28(4-2)8-9-30(25(35)26-6-5-7-29-10-12-32-13-11-29)17-20-14-19-15-22-23(34-18-33-22)16-21(19)27-24(20)31/h14-16H,3-13,17-18H2,1-2H3,(H,26,35)(H,27,31). The van der Waals surface area contributed by atoms with Gasteiger partial charge >= 0.3 is 0 Å². The molecule has 0 bridgehead atoms. The normalized spacial score (nSPS) is 15.6. The van der Waals surface area contributed by atoms with Gasteiger partial charge in [-0.25, -0.2) is 0 Å². The number of ether oxygens (including phenoxy) is 3. The Bertz CT molecular complexity index is 1050. The lowest BCUT2D eigenvalue weighted by Gasteiger charge is -2.29. The molecular formula is C25H37N5O4S. The summed E-state index contributed by atoms with van der Waals surface area (Å²) in [5.41, 5.74) is 1.30. The molecule has 0 atom stereocenters. The molecule has 9 nitrogen and oxygen atoms in total. The summed E-state index contributed by atoms with van der Waals surface area (Å²) in [6, 6.07) is 5.67. The van der Waals surface area contributed by atoms with E-state index in [0.29, 0.717) is 28.7 Å². The Labute approximate surface area is 212 Å². The summed E-state index contributed by atoms with van der Waals surface area (Å²) in [7, 11) is 0. The lowest BCUT2D eigenvalue weighted by atomic mass is 10.1. The van der Waals surface area contributed by atoms with E-state index in [4.69, 9.17) is 26.4 Å². The smallest absolute Gasteiger partial charge is 0.253 e. The highest BCUT2D eigenvalue weighted by Gasteiger charge is 2.18. The van der Waals surface area contributed by atoms with E-state index in [2.05, 4.69) is 38.8 Å². The predicted molar refractivity (Wildman–Crippen MR) is 141 cm³/mol. The summed E-state index contributed by atoms with van der Waals surface area (Å²) in [5, 5.41) is 5.02. The van der Waals surface area contributed by atoms with E-state index in [-0.39, 0.29) is 12.4 Å². The first-order valence-electron chi connectivity index (χ1n) is 12.6. The minimum Gasteiger partial charge on any atom is -0.454 e. The number of hydrogen-bond acceptors (Lipinski definition) is 7. The summed E-state index contributed by atoms with van der Waals surface area (Å²) >= 11 is 5.79. The van der Waals surface area contributed by atoms with Gasteiger partial charge < -0.3 is 34.3 Å². The molecule has 0 amide bonds. The van der Waals surface area contributed by atoms with Gasteiger partial charge in [-0.05, 0) is 50.4 Å². The van der Waals surface area contributed by atoms with Crippen molar-refractivity contribution in [3.8, 4) is 11.5 Å². The topological polar surface area (TPSA) is 82.3 Å². The summed E-state index contributed by atoms with van der Waals surface area (Å²) < 4.78 is 16.4. The number of likely N-dealkylation sites (N-methyl/N-ethyl adjacent to an activating group) is 1. The van der Waals surface area contributed by atoms with Crippen molar-refractivity contribution in [3.63, 3.8) is 0 Å². The highest BCUT2D eigenvalue weighted by Crippen LogP contribution is 2.35. The van der Waals surface area contributed by atoms with Crippen molar-refractivity contribution in [1.82, 2.24) is 25.0 Å². The quantitative estimate of drug-likeness (QED) is 0.353. The Morgan fingerprint density at radius 2 is 1.86 bits per heavy atom. The van der Waals surface area contributed by atoms with Gasteiger partial charge in [0.15, 0.2) is 16.6 Å². The van der Waals surface area contributed by atoms with E-state index < -0.39 is 0 Å². The molecule has 2 aliphatic rings. The summed E-state index contributed by atoms with van der Waals surface area (Å²) in [4.78, 5) is 22.8. The Balaban J connectivity index is 1.42. The van der Waals surface area contributed by atoms with Crippen molar-refractivity contribution in [3.05, 3.63) is 34.1 Å². The fraction of sp³-hybridized carbons (Fsp3) is 0.600. The number of rotatable bonds is 11. The van der Waals surface area contributed by atoms with Gasteiger partial charge in [0.2, 0.25) is 6.79 Å². The van der Waals surface area contributed by atoms with Crippen LogP contribution < -0.4 is 20.3 Å². The van der Waals surface area contributed by atoms with Crippen LogP contribution in [-0.4, -0.2) is 97.2 Å². The molecule has 10 heteroatoms. The summed E-state index contributed by atoms with van der Waals surface area (Å²) in [6.45, 7) is 14.0. The van der Waals surface area contributed by atoms with Crippen LogP contribution in [0.2, 0.25) is 0 Å². The van der Waals surface area contributed by atoms with Gasteiger partial charge in [-0.1, -0.05) is 13.8 Å². The van der Waals surface area contributed by atoms with Gasteiger partial charge in [-0.15, -0.1) is 0 Å². The van der Waals surface area contributed by atoms with Crippen LogP contribution in [0.3, 0.4) is 0 Å². The molecule has 2 aromatic rings. The number of H-pyrrole nitrogens is 1. The zero-order chi connectivity index (χ0) is 24.6. The molecular weight excluding hydrogens is 466 g/mol. The Morgan fingerprint density at radius 1 is 1.11 bits per heavy atom. The van der Waals surface area contributed by atoms with Crippen LogP contribution in [0.15, 0.2) is 23.0 Å². The van der Waals surface area contributed by atoms with Gasteiger partial charge in [0.25, 0.3) is 5.56 Å². The molecule has 1 aromatic carbocycles. The molecule has 0 saturated carbocycles. The van der Waals surface area contributed by atoms with E-state index in [1.54, 1.807) is 0 Å². The number of thiocarbonyl (C=S) groups is 1. The minimum atomic E-state index is -0.112. The van der Waals surface area contributed by atoms with E-state index in [1.165, 1.54) is 0 Å². The first-order chi connectivity index (χ1) is 17.1. The highest BCUT2D eigenvalue weighted by atomic mass is 32.1. The number of fused-ring (bicyclic) bond motifs is 2. The Hall–Kier alpha value is -2.40. The third kappa shape index (κ3) is 6.84. The second-order valence-electron chi connectivity index (χ2n) is 8.90. The maximum atomic E-state index is 12.9. The van der Waals surface area contributed by atoms with Crippen molar-refractivity contribution in [2.45, 2.75) is 26.8 Å². The minimum absolute atomic E-state index is 0.112. The molecule has 1 aromatic heterocycles. The van der Waals surface area contributed by atoms with Crippen LogP contribution in [-0.2, 0) is 11.3 Å². The molecule has 1 fully saturated rings. The number of aromatic amines is 1. The van der Waals surface area contributed by atoms with E-state index >= 15 is 0 Å². The molecule has 2 N–H and O–H groups in total. The predicted octanol–water partition coefficient (Wildman–Crippen LogP) is 2.00. The fourth-order valence-corrected chi connectivity index (χ4v) is 4.71. The fourth-order valence-electron chi connectivity index (χ4n) is 4.45. The number of aromatic nitrogens is 1. The van der Waals surface area contributed by atoms with Gasteiger partial charge in [0.05, 0.1) is 25.3 Å². The molecule has 0 radical (unpaired) electrons. The van der Waals surface area contributed by atoms with Crippen LogP contribution in [0.5, 0.6) is 11.5 Å². The maximum Gasteiger partial charge on any atom is 0.253 e. The molecule has 0 unspecified atom stereocenters. The molecule has 1 saturated heterocycles. The van der Waals surface area contributed by atoms with Crippen LogP contribution in [0.4, 0.5) is 0 Å². The largest absolute Gasteiger partial charge is 0.454 e. The number of pyridine rings is 1. The van der Waals surface area contributed by atoms with Gasteiger partial charge in [0, 0.05) is 49.7 Å². The summed E-state index contributed by atoms with van der Waals surface area (Å²) in [6.07, 6.45) is 1.01. The number of nitrogens with zero attached hydrogens (tertiary/aromatic N) is 3. The second-order valence-corrected chi connectivity index (χ2v) is 9.29. The first-order valence-corrected chi connectivity index (χ1v) is 13.0. The van der Waals surface area contributed by atoms with E-state index in [0.717, 1.165) is 82.9 Å². The van der Waals surface area contributed by atoms with Crippen molar-refractivity contribution < 1.29 is 14.2 Å². The van der Waals surface area contributed by atoms with Crippen LogP contribution in [0, 0.1) is 0 Å². The highest BCUT2D eigenvalue weighted by molar-refractivity contribution is 7.80. The number of benzene rings is 1. The number of morpholine rings is 1. The average molecular weight is 504 g/mol. The van der Waals surface area contributed by atoms with E-state index in [1.807, 2.05) is 18.2 Å². The van der Waals surface area contributed by atoms with Gasteiger partial charge in [-0.3, -0.25) is 9.69 Å². The third-order valence-electron chi connectivity index (χ3n) is 6.67. The van der Waals surface area contributed by atoms with Crippen molar-refractivity contribution >= 4 is 28.2 Å². The molecule has 35 heavy (non-hydrogen) atoms. The van der Waals surface area contributed by atoms with Crippen LogP contribution in [0.1, 0.15) is 25.8 Å². The van der Waals surface area contributed by atoms with E-state index in [9.17, 15) is 4.79 Å². The van der Waals surface area contributed by atoms with Crippen molar-refractivity contribution in [2.24, 2.45) is 0 Å². The maximum absolute atomic E-state index is 12.9.